The molecule has 3 rings (SSSR count). The van der Waals surface area contributed by atoms with Crippen molar-refractivity contribution < 1.29 is 29.0 Å². The Bertz CT molecular complexity index is 867. The molecular formula is C16H18N4O6S2. The standard InChI is InChI=1S/C16H18N4O6S2/c1-7(21)26-4-8-5-27-14-11(13(23)20(14)12(8)15(24)25)19-10(22)3-9-6-28-16(17-2)18-9/h6,11,14H,3-5H2,1-2H3,(H,17,18)(H,19,22)(H,24,25)/t11?,14-/m0/s1. The van der Waals surface area contributed by atoms with Gasteiger partial charge >= 0.3 is 11.9 Å². The lowest BCUT2D eigenvalue weighted by Crippen LogP contribution is -2.70. The molecule has 1 aromatic heterocycles. The molecule has 3 N–H and O–H groups in total. The lowest BCUT2D eigenvalue weighted by atomic mass is 10.0. The maximum Gasteiger partial charge on any atom is 0.352 e. The highest BCUT2D eigenvalue weighted by atomic mass is 32.2. The number of nitrogens with zero attached hydrogens (tertiary/aromatic N) is 2. The summed E-state index contributed by atoms with van der Waals surface area (Å²) in [6.45, 7) is 1.04. The minimum Gasteiger partial charge on any atom is -0.477 e. The van der Waals surface area contributed by atoms with Gasteiger partial charge in [-0.2, -0.15) is 0 Å². The monoisotopic (exact) mass is 426 g/mol. The highest BCUT2D eigenvalue weighted by Crippen LogP contribution is 2.40. The average molecular weight is 426 g/mol. The molecule has 1 aromatic rings. The predicted molar refractivity (Wildman–Crippen MR) is 102 cm³/mol. The molecule has 3 heterocycles. The second kappa shape index (κ2) is 8.19. The Hall–Kier alpha value is -2.60. The van der Waals surface area contributed by atoms with Crippen molar-refractivity contribution in [2.75, 3.05) is 24.7 Å². The van der Waals surface area contributed by atoms with Crippen molar-refractivity contribution in [3.8, 4) is 0 Å². The van der Waals surface area contributed by atoms with Gasteiger partial charge in [-0.15, -0.1) is 23.1 Å². The lowest BCUT2D eigenvalue weighted by Gasteiger charge is -2.49. The van der Waals surface area contributed by atoms with Crippen LogP contribution in [0.25, 0.3) is 0 Å². The van der Waals surface area contributed by atoms with Gasteiger partial charge < -0.3 is 20.5 Å². The molecule has 1 fully saturated rings. The third-order valence-electron chi connectivity index (χ3n) is 4.12. The van der Waals surface area contributed by atoms with E-state index in [1.807, 2.05) is 0 Å². The lowest BCUT2D eigenvalue weighted by molar-refractivity contribution is -0.151. The molecule has 10 nitrogen and oxygen atoms in total. The summed E-state index contributed by atoms with van der Waals surface area (Å²) in [5.41, 5.74) is 0.754. The van der Waals surface area contributed by atoms with E-state index >= 15 is 0 Å². The first-order chi connectivity index (χ1) is 13.3. The molecule has 28 heavy (non-hydrogen) atoms. The van der Waals surface area contributed by atoms with Crippen LogP contribution in [0.5, 0.6) is 0 Å². The number of hydrogen-bond donors (Lipinski definition) is 3. The number of rotatable bonds is 7. The number of carboxylic acid groups (broad SMARTS) is 1. The zero-order valence-electron chi connectivity index (χ0n) is 15.1. The van der Waals surface area contributed by atoms with Gasteiger partial charge in [-0.3, -0.25) is 19.3 Å². The molecule has 0 radical (unpaired) electrons. The molecule has 0 aliphatic carbocycles. The number of carboxylic acids is 1. The van der Waals surface area contributed by atoms with Crippen LogP contribution in [0.4, 0.5) is 5.13 Å². The molecule has 12 heteroatoms. The normalized spacial score (nSPS) is 20.9. The van der Waals surface area contributed by atoms with Crippen LogP contribution in [0.1, 0.15) is 12.6 Å². The average Bonchev–Trinajstić information content (AvgIpc) is 3.10. The van der Waals surface area contributed by atoms with Gasteiger partial charge in [0.25, 0.3) is 5.91 Å². The van der Waals surface area contributed by atoms with E-state index in [2.05, 4.69) is 15.6 Å². The van der Waals surface area contributed by atoms with Crippen molar-refractivity contribution in [2.45, 2.75) is 24.8 Å². The second-order valence-electron chi connectivity index (χ2n) is 6.06. The summed E-state index contributed by atoms with van der Waals surface area (Å²) in [6, 6.07) is -0.801. The number of carbonyl (C=O) groups is 4. The third kappa shape index (κ3) is 3.97. The number of fused-ring (bicyclic) bond motifs is 1. The number of aliphatic carboxylic acids is 1. The number of ether oxygens (including phenoxy) is 1. The summed E-state index contributed by atoms with van der Waals surface area (Å²) >= 11 is 2.69. The van der Waals surface area contributed by atoms with Crippen LogP contribution < -0.4 is 10.6 Å². The van der Waals surface area contributed by atoms with Crippen molar-refractivity contribution >= 4 is 52.0 Å². The van der Waals surface area contributed by atoms with Gasteiger partial charge in [-0.05, 0) is 0 Å². The van der Waals surface area contributed by atoms with Gasteiger partial charge in [0, 0.05) is 30.7 Å². The van der Waals surface area contributed by atoms with E-state index in [0.717, 1.165) is 4.90 Å². The fourth-order valence-electron chi connectivity index (χ4n) is 2.88. The third-order valence-corrected chi connectivity index (χ3v) is 6.37. The molecule has 0 bridgehead atoms. The zero-order chi connectivity index (χ0) is 20.4. The maximum absolute atomic E-state index is 12.5. The van der Waals surface area contributed by atoms with Crippen LogP contribution in [0.15, 0.2) is 16.7 Å². The summed E-state index contributed by atoms with van der Waals surface area (Å²) in [7, 11) is 1.73. The van der Waals surface area contributed by atoms with Gasteiger partial charge in [-0.25, -0.2) is 9.78 Å². The Morgan fingerprint density at radius 3 is 2.79 bits per heavy atom. The summed E-state index contributed by atoms with van der Waals surface area (Å²) in [5.74, 6) is -2.39. The molecular weight excluding hydrogens is 408 g/mol. The van der Waals surface area contributed by atoms with E-state index in [1.54, 1.807) is 12.4 Å². The SMILES string of the molecule is CNc1nc(CC(=O)NC2C(=O)N3C(C(=O)O)=C(COC(C)=O)CS[C@@H]23)cs1. The number of thioether (sulfide) groups is 1. The fraction of sp³-hybridized carbons (Fsp3) is 0.438. The van der Waals surface area contributed by atoms with Crippen molar-refractivity contribution in [3.63, 3.8) is 0 Å². The number of β-lactam (4-membered cyclic amide) rings is 1. The van der Waals surface area contributed by atoms with E-state index in [1.165, 1.54) is 30.0 Å². The second-order valence-corrected chi connectivity index (χ2v) is 8.03. The summed E-state index contributed by atoms with van der Waals surface area (Å²) in [4.78, 5) is 52.8. The first kappa shape index (κ1) is 20.1. The quantitative estimate of drug-likeness (QED) is 0.407. The largest absolute Gasteiger partial charge is 0.477 e. The van der Waals surface area contributed by atoms with Crippen LogP contribution in [-0.4, -0.2) is 69.6 Å². The van der Waals surface area contributed by atoms with Crippen molar-refractivity contribution in [2.24, 2.45) is 0 Å². The van der Waals surface area contributed by atoms with Crippen molar-refractivity contribution in [1.29, 1.82) is 0 Å². The van der Waals surface area contributed by atoms with Crippen LogP contribution in [0.2, 0.25) is 0 Å². The minimum atomic E-state index is -1.27. The Kier molecular flexibility index (Phi) is 5.89. The number of esters is 1. The summed E-state index contributed by atoms with van der Waals surface area (Å²) < 4.78 is 4.88. The molecule has 1 unspecified atom stereocenters. The molecule has 0 spiro atoms. The predicted octanol–water partition coefficient (Wildman–Crippen LogP) is 0.0290. The van der Waals surface area contributed by atoms with Gasteiger partial charge in [-0.1, -0.05) is 0 Å². The van der Waals surface area contributed by atoms with E-state index in [-0.39, 0.29) is 30.4 Å². The topological polar surface area (TPSA) is 138 Å². The van der Waals surface area contributed by atoms with E-state index < -0.39 is 29.3 Å². The Morgan fingerprint density at radius 2 is 2.18 bits per heavy atom. The van der Waals surface area contributed by atoms with Gasteiger partial charge in [0.05, 0.1) is 12.1 Å². The highest BCUT2D eigenvalue weighted by molar-refractivity contribution is 8.00. The molecule has 2 aliphatic rings. The summed E-state index contributed by atoms with van der Waals surface area (Å²) in [6.07, 6.45) is 0.0265. The molecule has 0 aromatic carbocycles. The first-order valence-corrected chi connectivity index (χ1v) is 10.2. The van der Waals surface area contributed by atoms with Gasteiger partial charge in [0.15, 0.2) is 5.13 Å². The minimum absolute atomic E-state index is 0.0265. The van der Waals surface area contributed by atoms with Crippen LogP contribution in [0, 0.1) is 0 Å². The molecule has 2 aliphatic heterocycles. The highest BCUT2D eigenvalue weighted by Gasteiger charge is 2.54. The zero-order valence-corrected chi connectivity index (χ0v) is 16.7. The summed E-state index contributed by atoms with van der Waals surface area (Å²) in [5, 5.41) is 17.0. The molecule has 2 amide bonds. The van der Waals surface area contributed by atoms with E-state index in [0.29, 0.717) is 16.4 Å². The van der Waals surface area contributed by atoms with Crippen molar-refractivity contribution in [3.05, 3.63) is 22.3 Å². The molecule has 150 valence electrons. The van der Waals surface area contributed by atoms with Crippen LogP contribution in [0.3, 0.4) is 0 Å². The molecule has 0 saturated carbocycles. The van der Waals surface area contributed by atoms with Crippen LogP contribution in [-0.2, 0) is 30.3 Å². The number of amides is 2. The maximum atomic E-state index is 12.5. The number of anilines is 1. The smallest absolute Gasteiger partial charge is 0.352 e. The Morgan fingerprint density at radius 1 is 1.43 bits per heavy atom. The number of hydrogen-bond acceptors (Lipinski definition) is 9. The van der Waals surface area contributed by atoms with Gasteiger partial charge in [0.2, 0.25) is 5.91 Å². The van der Waals surface area contributed by atoms with E-state index in [4.69, 9.17) is 4.74 Å². The number of aromatic nitrogens is 1. The van der Waals surface area contributed by atoms with Gasteiger partial charge in [0.1, 0.15) is 23.7 Å². The fourth-order valence-corrected chi connectivity index (χ4v) is 4.87. The Balaban J connectivity index is 1.66. The number of nitrogens with one attached hydrogen (secondary N) is 2. The number of thiazole rings is 1. The molecule has 1 saturated heterocycles. The first-order valence-electron chi connectivity index (χ1n) is 8.26. The van der Waals surface area contributed by atoms with Crippen molar-refractivity contribution in [1.82, 2.24) is 15.2 Å². The van der Waals surface area contributed by atoms with E-state index in [9.17, 15) is 24.3 Å². The molecule has 2 atom stereocenters. The van der Waals surface area contributed by atoms with Crippen LogP contribution >= 0.6 is 23.1 Å². The number of carbonyl (C=O) groups excluding carboxylic acids is 3. The Labute approximate surface area is 168 Å².